The number of ether oxygens (including phenoxy) is 2. The molecule has 0 saturated carbocycles. The molecule has 2 heterocycles. The first-order chi connectivity index (χ1) is 13.0. The van der Waals surface area contributed by atoms with Crippen LogP contribution in [0.3, 0.4) is 0 Å². The van der Waals surface area contributed by atoms with Gasteiger partial charge in [-0.15, -0.1) is 0 Å². The molecule has 1 atom stereocenters. The number of methoxy groups -OCH3 is 2. The van der Waals surface area contributed by atoms with E-state index in [2.05, 4.69) is 23.8 Å². The molecule has 3 rings (SSSR count). The van der Waals surface area contributed by atoms with E-state index >= 15 is 0 Å². The van der Waals surface area contributed by atoms with Crippen molar-refractivity contribution in [2.24, 2.45) is 0 Å². The van der Waals surface area contributed by atoms with Crippen molar-refractivity contribution in [1.29, 1.82) is 0 Å². The number of aromatic amines is 1. The number of pyridine rings is 1. The Morgan fingerprint density at radius 2 is 2.07 bits per heavy atom. The van der Waals surface area contributed by atoms with Crippen LogP contribution in [-0.4, -0.2) is 30.2 Å². The number of esters is 1. The molecule has 6 heteroatoms. The highest BCUT2D eigenvalue weighted by atomic mass is 35.5. The zero-order valence-electron chi connectivity index (χ0n) is 15.9. The van der Waals surface area contributed by atoms with Gasteiger partial charge in [-0.1, -0.05) is 31.5 Å². The number of hydrogen-bond acceptors (Lipinski definition) is 4. The van der Waals surface area contributed by atoms with E-state index in [0.717, 1.165) is 34.3 Å². The molecule has 0 spiro atoms. The predicted octanol–water partition coefficient (Wildman–Crippen LogP) is 5.12. The summed E-state index contributed by atoms with van der Waals surface area (Å²) in [6.07, 6.45) is 1.59. The van der Waals surface area contributed by atoms with Crippen LogP contribution in [0.5, 0.6) is 5.75 Å². The monoisotopic (exact) mass is 386 g/mol. The van der Waals surface area contributed by atoms with Gasteiger partial charge in [0.15, 0.2) is 0 Å². The van der Waals surface area contributed by atoms with Crippen molar-refractivity contribution in [3.05, 3.63) is 58.0 Å². The van der Waals surface area contributed by atoms with Crippen LogP contribution in [0.15, 0.2) is 30.3 Å². The van der Waals surface area contributed by atoms with Crippen LogP contribution in [0.2, 0.25) is 5.02 Å². The zero-order chi connectivity index (χ0) is 19.6. The SMILES string of the molecule is CCC(C)c1[nH]c2cc(OC)c(Cl)cc2c1Cc1cccc(C(=O)OC)n1. The minimum absolute atomic E-state index is 0.305. The maximum atomic E-state index is 11.8. The summed E-state index contributed by atoms with van der Waals surface area (Å²) in [5.41, 5.74) is 4.38. The van der Waals surface area contributed by atoms with Crippen LogP contribution < -0.4 is 4.74 Å². The van der Waals surface area contributed by atoms with Crippen LogP contribution >= 0.6 is 11.6 Å². The van der Waals surface area contributed by atoms with E-state index in [1.165, 1.54) is 7.11 Å². The number of nitrogens with one attached hydrogen (secondary N) is 1. The van der Waals surface area contributed by atoms with Gasteiger partial charge in [-0.2, -0.15) is 0 Å². The number of fused-ring (bicyclic) bond motifs is 1. The molecule has 3 aromatic rings. The van der Waals surface area contributed by atoms with Gasteiger partial charge in [0.2, 0.25) is 0 Å². The topological polar surface area (TPSA) is 64.2 Å². The minimum Gasteiger partial charge on any atom is -0.495 e. The smallest absolute Gasteiger partial charge is 0.356 e. The number of carbonyl (C=O) groups excluding carboxylic acids is 1. The van der Waals surface area contributed by atoms with Crippen LogP contribution in [-0.2, 0) is 11.2 Å². The third-order valence-electron chi connectivity index (χ3n) is 4.88. The standard InChI is InChI=1S/C21H23ClN2O3/c1-5-12(2)20-15(9-13-7-6-8-17(23-13)21(25)27-4)14-10-16(22)19(26-3)11-18(14)24-20/h6-8,10-12,24H,5,9H2,1-4H3. The molecular formula is C21H23ClN2O3. The average molecular weight is 387 g/mol. The first-order valence-corrected chi connectivity index (χ1v) is 9.28. The second-order valence-corrected chi connectivity index (χ2v) is 6.95. The van der Waals surface area contributed by atoms with E-state index in [-0.39, 0.29) is 0 Å². The summed E-state index contributed by atoms with van der Waals surface area (Å²) < 4.78 is 10.1. The lowest BCUT2D eigenvalue weighted by Gasteiger charge is -2.11. The van der Waals surface area contributed by atoms with Gasteiger partial charge in [0, 0.05) is 34.8 Å². The van der Waals surface area contributed by atoms with Crippen LogP contribution in [0.1, 0.15) is 53.6 Å². The summed E-state index contributed by atoms with van der Waals surface area (Å²) >= 11 is 6.37. The maximum absolute atomic E-state index is 11.8. The lowest BCUT2D eigenvalue weighted by atomic mass is 9.96. The van der Waals surface area contributed by atoms with E-state index in [1.54, 1.807) is 13.2 Å². The van der Waals surface area contributed by atoms with Crippen molar-refractivity contribution in [2.75, 3.05) is 14.2 Å². The van der Waals surface area contributed by atoms with Gasteiger partial charge >= 0.3 is 5.97 Å². The van der Waals surface area contributed by atoms with E-state index in [1.807, 2.05) is 24.3 Å². The zero-order valence-corrected chi connectivity index (χ0v) is 16.7. The Morgan fingerprint density at radius 3 is 2.74 bits per heavy atom. The predicted molar refractivity (Wildman–Crippen MR) is 107 cm³/mol. The van der Waals surface area contributed by atoms with Crippen molar-refractivity contribution < 1.29 is 14.3 Å². The number of nitrogens with zero attached hydrogens (tertiary/aromatic N) is 1. The quantitative estimate of drug-likeness (QED) is 0.597. The fourth-order valence-electron chi connectivity index (χ4n) is 3.22. The fraction of sp³-hybridized carbons (Fsp3) is 0.333. The van der Waals surface area contributed by atoms with Gasteiger partial charge in [0.25, 0.3) is 0 Å². The number of benzene rings is 1. The number of H-pyrrole nitrogens is 1. The Hall–Kier alpha value is -2.53. The lowest BCUT2D eigenvalue weighted by molar-refractivity contribution is 0.0593. The molecule has 2 aromatic heterocycles. The molecule has 27 heavy (non-hydrogen) atoms. The molecule has 0 saturated heterocycles. The van der Waals surface area contributed by atoms with E-state index in [0.29, 0.717) is 28.8 Å². The Labute approximate surface area is 163 Å². The summed E-state index contributed by atoms with van der Waals surface area (Å²) in [7, 11) is 2.96. The van der Waals surface area contributed by atoms with Crippen LogP contribution in [0.25, 0.3) is 10.9 Å². The number of rotatable bonds is 6. The summed E-state index contributed by atoms with van der Waals surface area (Å²) in [6.45, 7) is 4.34. The van der Waals surface area contributed by atoms with Crippen molar-refractivity contribution in [2.45, 2.75) is 32.6 Å². The largest absolute Gasteiger partial charge is 0.495 e. The van der Waals surface area contributed by atoms with Crippen LogP contribution in [0, 0.1) is 0 Å². The number of aromatic nitrogens is 2. The highest BCUT2D eigenvalue weighted by molar-refractivity contribution is 6.32. The normalized spacial score (nSPS) is 12.2. The Kier molecular flexibility index (Phi) is 5.71. The molecular weight excluding hydrogens is 364 g/mol. The molecule has 142 valence electrons. The summed E-state index contributed by atoms with van der Waals surface area (Å²) in [5, 5.41) is 1.61. The average Bonchev–Trinajstić information content (AvgIpc) is 3.03. The van der Waals surface area contributed by atoms with Crippen molar-refractivity contribution in [1.82, 2.24) is 9.97 Å². The van der Waals surface area contributed by atoms with Gasteiger partial charge in [0.05, 0.1) is 19.2 Å². The Morgan fingerprint density at radius 1 is 1.30 bits per heavy atom. The lowest BCUT2D eigenvalue weighted by Crippen LogP contribution is -2.06. The third-order valence-corrected chi connectivity index (χ3v) is 5.17. The molecule has 0 fully saturated rings. The molecule has 0 aliphatic rings. The van der Waals surface area contributed by atoms with E-state index in [4.69, 9.17) is 21.1 Å². The van der Waals surface area contributed by atoms with Gasteiger partial charge in [0.1, 0.15) is 11.4 Å². The molecule has 0 bridgehead atoms. The Balaban J connectivity index is 2.11. The van der Waals surface area contributed by atoms with Gasteiger partial charge < -0.3 is 14.5 Å². The highest BCUT2D eigenvalue weighted by Crippen LogP contribution is 2.36. The van der Waals surface area contributed by atoms with Gasteiger partial charge in [-0.25, -0.2) is 9.78 Å². The molecule has 0 aliphatic carbocycles. The third kappa shape index (κ3) is 3.78. The van der Waals surface area contributed by atoms with Crippen molar-refractivity contribution in [3.8, 4) is 5.75 Å². The first-order valence-electron chi connectivity index (χ1n) is 8.90. The number of carbonyl (C=O) groups is 1. The van der Waals surface area contributed by atoms with Gasteiger partial charge in [-0.3, -0.25) is 0 Å². The van der Waals surface area contributed by atoms with E-state index in [9.17, 15) is 4.79 Å². The molecule has 5 nitrogen and oxygen atoms in total. The number of halogens is 1. The second-order valence-electron chi connectivity index (χ2n) is 6.54. The fourth-order valence-corrected chi connectivity index (χ4v) is 3.46. The maximum Gasteiger partial charge on any atom is 0.356 e. The van der Waals surface area contributed by atoms with E-state index < -0.39 is 5.97 Å². The van der Waals surface area contributed by atoms with Crippen LogP contribution in [0.4, 0.5) is 0 Å². The molecule has 0 radical (unpaired) electrons. The summed E-state index contributed by atoms with van der Waals surface area (Å²) in [5.74, 6) is 0.546. The Bertz CT molecular complexity index is 981. The van der Waals surface area contributed by atoms with Crippen molar-refractivity contribution in [3.63, 3.8) is 0 Å². The highest BCUT2D eigenvalue weighted by Gasteiger charge is 2.19. The first kappa shape index (κ1) is 19.2. The van der Waals surface area contributed by atoms with Crippen molar-refractivity contribution >= 4 is 28.5 Å². The minimum atomic E-state index is -0.439. The summed E-state index contributed by atoms with van der Waals surface area (Å²) in [6, 6.07) is 9.24. The van der Waals surface area contributed by atoms with Gasteiger partial charge in [-0.05, 0) is 36.1 Å². The molecule has 0 amide bonds. The molecule has 0 aliphatic heterocycles. The molecule has 1 aromatic carbocycles. The summed E-state index contributed by atoms with van der Waals surface area (Å²) in [4.78, 5) is 19.8. The molecule has 1 N–H and O–H groups in total. The second kappa shape index (κ2) is 8.01. The molecule has 1 unspecified atom stereocenters. The number of hydrogen-bond donors (Lipinski definition) is 1.